The minimum absolute atomic E-state index is 0.236. The minimum Gasteiger partial charge on any atom is -0.378 e. The van der Waals surface area contributed by atoms with Gasteiger partial charge in [-0.2, -0.15) is 0 Å². The van der Waals surface area contributed by atoms with Crippen LogP contribution in [0.4, 0.5) is 5.69 Å². The highest BCUT2D eigenvalue weighted by atomic mass is 79.9. The van der Waals surface area contributed by atoms with E-state index in [0.717, 1.165) is 6.54 Å². The summed E-state index contributed by atoms with van der Waals surface area (Å²) in [5, 5.41) is 2.18. The summed E-state index contributed by atoms with van der Waals surface area (Å²) < 4.78 is 1.17. The third-order valence-corrected chi connectivity index (χ3v) is 5.16. The Hall–Kier alpha value is -0.880. The van der Waals surface area contributed by atoms with E-state index in [9.17, 15) is 0 Å². The normalized spacial score (nSPS) is 12.7. The predicted octanol–water partition coefficient (Wildman–Crippen LogP) is 3.71. The number of thiophene rings is 1. The van der Waals surface area contributed by atoms with Crippen LogP contribution in [0.5, 0.6) is 0 Å². The molecule has 0 aliphatic carbocycles. The van der Waals surface area contributed by atoms with Crippen LogP contribution in [0.1, 0.15) is 17.2 Å². The SMILES string of the molecule is CN(C)c1ccc(C(CN)N(C)Cc2csc(Br)c2)cc1. The molecule has 1 heterocycles. The van der Waals surface area contributed by atoms with Crippen LogP contribution in [-0.4, -0.2) is 32.6 Å². The number of hydrogen-bond donors (Lipinski definition) is 1. The van der Waals surface area contributed by atoms with E-state index in [2.05, 4.69) is 82.6 Å². The van der Waals surface area contributed by atoms with Gasteiger partial charge in [-0.3, -0.25) is 4.90 Å². The summed E-state index contributed by atoms with van der Waals surface area (Å²) in [4.78, 5) is 4.41. The lowest BCUT2D eigenvalue weighted by atomic mass is 10.0. The first kappa shape index (κ1) is 16.5. The zero-order valence-electron chi connectivity index (χ0n) is 12.7. The van der Waals surface area contributed by atoms with Gasteiger partial charge >= 0.3 is 0 Å². The van der Waals surface area contributed by atoms with Crippen molar-refractivity contribution in [3.63, 3.8) is 0 Å². The van der Waals surface area contributed by atoms with Crippen molar-refractivity contribution in [2.75, 3.05) is 32.6 Å². The van der Waals surface area contributed by atoms with E-state index in [1.807, 2.05) is 0 Å². The summed E-state index contributed by atoms with van der Waals surface area (Å²) in [6, 6.07) is 11.0. The second-order valence-electron chi connectivity index (χ2n) is 5.41. The van der Waals surface area contributed by atoms with Gasteiger partial charge in [-0.05, 0) is 57.7 Å². The van der Waals surface area contributed by atoms with Crippen LogP contribution in [0.15, 0.2) is 39.5 Å². The number of nitrogens with two attached hydrogens (primary N) is 1. The summed E-state index contributed by atoms with van der Waals surface area (Å²) in [5.41, 5.74) is 9.79. The molecule has 21 heavy (non-hydrogen) atoms. The van der Waals surface area contributed by atoms with E-state index in [-0.39, 0.29) is 6.04 Å². The van der Waals surface area contributed by atoms with Crippen molar-refractivity contribution in [1.29, 1.82) is 0 Å². The summed E-state index contributed by atoms with van der Waals surface area (Å²) in [7, 11) is 6.23. The maximum Gasteiger partial charge on any atom is 0.0701 e. The molecule has 0 fully saturated rings. The number of halogens is 1. The summed E-state index contributed by atoms with van der Waals surface area (Å²) in [6.07, 6.45) is 0. The molecule has 1 unspecified atom stereocenters. The lowest BCUT2D eigenvalue weighted by Gasteiger charge is -2.27. The topological polar surface area (TPSA) is 32.5 Å². The Morgan fingerprint density at radius 1 is 1.19 bits per heavy atom. The van der Waals surface area contributed by atoms with E-state index in [0.29, 0.717) is 6.54 Å². The molecule has 0 amide bonds. The Kier molecular flexibility index (Phi) is 5.81. The predicted molar refractivity (Wildman–Crippen MR) is 96.1 cm³/mol. The van der Waals surface area contributed by atoms with Crippen LogP contribution < -0.4 is 10.6 Å². The first-order chi connectivity index (χ1) is 10.0. The highest BCUT2D eigenvalue weighted by Gasteiger charge is 2.16. The van der Waals surface area contributed by atoms with Crippen molar-refractivity contribution in [3.8, 4) is 0 Å². The number of benzene rings is 1. The fraction of sp³-hybridized carbons (Fsp3) is 0.375. The van der Waals surface area contributed by atoms with Gasteiger partial charge in [-0.25, -0.2) is 0 Å². The monoisotopic (exact) mass is 367 g/mol. The van der Waals surface area contributed by atoms with Crippen molar-refractivity contribution >= 4 is 33.0 Å². The molecule has 2 N–H and O–H groups in total. The fourth-order valence-corrected chi connectivity index (χ4v) is 3.59. The van der Waals surface area contributed by atoms with Gasteiger partial charge in [0, 0.05) is 38.9 Å². The molecule has 0 bridgehead atoms. The van der Waals surface area contributed by atoms with Crippen molar-refractivity contribution in [1.82, 2.24) is 4.90 Å². The maximum absolute atomic E-state index is 6.00. The molecule has 0 saturated heterocycles. The van der Waals surface area contributed by atoms with Crippen molar-refractivity contribution in [3.05, 3.63) is 50.6 Å². The second kappa shape index (κ2) is 7.40. The van der Waals surface area contributed by atoms with Crippen molar-refractivity contribution in [2.24, 2.45) is 5.73 Å². The lowest BCUT2D eigenvalue weighted by Crippen LogP contribution is -2.30. The number of nitrogens with zero attached hydrogens (tertiary/aromatic N) is 2. The van der Waals surface area contributed by atoms with Gasteiger partial charge in [-0.15, -0.1) is 11.3 Å². The van der Waals surface area contributed by atoms with E-state index in [1.165, 1.54) is 20.6 Å². The van der Waals surface area contributed by atoms with Crippen LogP contribution in [0, 0.1) is 0 Å². The van der Waals surface area contributed by atoms with E-state index >= 15 is 0 Å². The molecule has 3 nitrogen and oxygen atoms in total. The minimum atomic E-state index is 0.236. The summed E-state index contributed by atoms with van der Waals surface area (Å²) in [5.74, 6) is 0. The van der Waals surface area contributed by atoms with Crippen LogP contribution in [0.2, 0.25) is 0 Å². The standard InChI is InChI=1S/C16H22BrN3S/c1-19(2)14-6-4-13(5-7-14)15(9-18)20(3)10-12-8-16(17)21-11-12/h4-8,11,15H,9-10,18H2,1-3H3. The molecular formula is C16H22BrN3S. The van der Waals surface area contributed by atoms with Crippen LogP contribution in [0.3, 0.4) is 0 Å². The zero-order valence-corrected chi connectivity index (χ0v) is 15.1. The molecule has 2 aromatic rings. The molecule has 114 valence electrons. The molecule has 0 spiro atoms. The largest absolute Gasteiger partial charge is 0.378 e. The van der Waals surface area contributed by atoms with Gasteiger partial charge in [0.05, 0.1) is 3.79 Å². The first-order valence-electron chi connectivity index (χ1n) is 6.91. The average molecular weight is 368 g/mol. The van der Waals surface area contributed by atoms with Gasteiger partial charge in [0.1, 0.15) is 0 Å². The van der Waals surface area contributed by atoms with Crippen LogP contribution >= 0.6 is 27.3 Å². The first-order valence-corrected chi connectivity index (χ1v) is 8.59. The van der Waals surface area contributed by atoms with E-state index < -0.39 is 0 Å². The molecule has 1 aromatic carbocycles. The molecule has 0 aliphatic heterocycles. The zero-order chi connectivity index (χ0) is 15.4. The third kappa shape index (κ3) is 4.30. The molecular weight excluding hydrogens is 346 g/mol. The Bertz CT molecular complexity index is 565. The van der Waals surface area contributed by atoms with Gasteiger partial charge in [0.15, 0.2) is 0 Å². The molecule has 0 radical (unpaired) electrons. The van der Waals surface area contributed by atoms with Gasteiger partial charge in [0.25, 0.3) is 0 Å². The molecule has 2 rings (SSSR count). The average Bonchev–Trinajstić information content (AvgIpc) is 2.85. The molecule has 0 saturated carbocycles. The number of hydrogen-bond acceptors (Lipinski definition) is 4. The van der Waals surface area contributed by atoms with Crippen LogP contribution in [-0.2, 0) is 6.54 Å². The highest BCUT2D eigenvalue weighted by Crippen LogP contribution is 2.26. The summed E-state index contributed by atoms with van der Waals surface area (Å²) >= 11 is 5.23. The molecule has 1 aromatic heterocycles. The van der Waals surface area contributed by atoms with Gasteiger partial charge < -0.3 is 10.6 Å². The Balaban J connectivity index is 2.10. The van der Waals surface area contributed by atoms with E-state index in [4.69, 9.17) is 5.73 Å². The maximum atomic E-state index is 6.00. The highest BCUT2D eigenvalue weighted by molar-refractivity contribution is 9.11. The smallest absolute Gasteiger partial charge is 0.0701 e. The fourth-order valence-electron chi connectivity index (χ4n) is 2.39. The number of anilines is 1. The van der Waals surface area contributed by atoms with Crippen molar-refractivity contribution < 1.29 is 0 Å². The number of likely N-dealkylation sites (N-methyl/N-ethyl adjacent to an activating group) is 1. The lowest BCUT2D eigenvalue weighted by molar-refractivity contribution is 0.242. The Morgan fingerprint density at radius 3 is 2.33 bits per heavy atom. The van der Waals surface area contributed by atoms with Gasteiger partial charge in [0.2, 0.25) is 0 Å². The number of rotatable bonds is 6. The quantitative estimate of drug-likeness (QED) is 0.844. The van der Waals surface area contributed by atoms with Gasteiger partial charge in [-0.1, -0.05) is 12.1 Å². The Morgan fingerprint density at radius 2 is 1.86 bits per heavy atom. The Labute approximate surface area is 139 Å². The summed E-state index contributed by atoms with van der Waals surface area (Å²) in [6.45, 7) is 1.52. The van der Waals surface area contributed by atoms with Crippen molar-refractivity contribution in [2.45, 2.75) is 12.6 Å². The molecule has 1 atom stereocenters. The third-order valence-electron chi connectivity index (χ3n) is 3.60. The van der Waals surface area contributed by atoms with E-state index in [1.54, 1.807) is 11.3 Å². The molecule has 5 heteroatoms. The van der Waals surface area contributed by atoms with Crippen LogP contribution in [0.25, 0.3) is 0 Å². The molecule has 0 aliphatic rings. The second-order valence-corrected chi connectivity index (χ2v) is 7.70.